The van der Waals surface area contributed by atoms with Crippen molar-refractivity contribution in [3.63, 3.8) is 0 Å². The molecule has 2 unspecified atom stereocenters. The molecule has 87 heavy (non-hydrogen) atoms. The zero-order valence-corrected chi connectivity index (χ0v) is 58.3. The quantitative estimate of drug-likeness (QED) is 0.0222. The lowest BCUT2D eigenvalue weighted by Gasteiger charge is -2.21. The summed E-state index contributed by atoms with van der Waals surface area (Å²) in [5.41, 5.74) is 0. The van der Waals surface area contributed by atoms with Crippen molar-refractivity contribution in [2.75, 3.05) is 39.6 Å². The molecule has 0 aliphatic heterocycles. The highest BCUT2D eigenvalue weighted by molar-refractivity contribution is 7.47. The van der Waals surface area contributed by atoms with Crippen LogP contribution in [0, 0.1) is 17.8 Å². The Balaban J connectivity index is 5.19. The van der Waals surface area contributed by atoms with E-state index in [0.717, 1.165) is 102 Å². The van der Waals surface area contributed by atoms with E-state index in [9.17, 15) is 43.2 Å². The Kier molecular flexibility index (Phi) is 57.8. The molecule has 0 saturated carbocycles. The number of unbranched alkanes of at least 4 members (excludes halogenated alkanes) is 34. The molecule has 0 rings (SSSR count). The first-order valence-corrected chi connectivity index (χ1v) is 38.3. The van der Waals surface area contributed by atoms with Crippen molar-refractivity contribution >= 4 is 39.5 Å². The second-order valence-corrected chi connectivity index (χ2v) is 28.9. The fourth-order valence-electron chi connectivity index (χ4n) is 10.2. The first-order valence-electron chi connectivity index (χ1n) is 35.3. The number of ether oxygens (including phenoxy) is 4. The lowest BCUT2D eigenvalue weighted by atomic mass is 10.0. The van der Waals surface area contributed by atoms with Gasteiger partial charge in [-0.2, -0.15) is 0 Å². The average Bonchev–Trinajstić information content (AvgIpc) is 3.54. The number of aliphatic hydroxyl groups is 1. The summed E-state index contributed by atoms with van der Waals surface area (Å²) in [6, 6.07) is 0. The fourth-order valence-corrected chi connectivity index (χ4v) is 11.8. The molecular formula is C68H132O17P2. The van der Waals surface area contributed by atoms with Crippen LogP contribution in [0.3, 0.4) is 0 Å². The third kappa shape index (κ3) is 62.6. The van der Waals surface area contributed by atoms with Crippen molar-refractivity contribution in [2.24, 2.45) is 17.8 Å². The number of carbonyl (C=O) groups is 4. The maximum absolute atomic E-state index is 13.0. The van der Waals surface area contributed by atoms with Crippen molar-refractivity contribution < 1.29 is 80.2 Å². The second-order valence-electron chi connectivity index (χ2n) is 26.0. The molecule has 17 nitrogen and oxygen atoms in total. The molecule has 0 aromatic carbocycles. The number of phosphoric ester groups is 2. The van der Waals surface area contributed by atoms with Crippen LogP contribution in [-0.2, 0) is 65.4 Å². The Morgan fingerprint density at radius 3 is 0.782 bits per heavy atom. The highest BCUT2D eigenvalue weighted by Gasteiger charge is 2.30. The van der Waals surface area contributed by atoms with Gasteiger partial charge >= 0.3 is 39.5 Å². The van der Waals surface area contributed by atoms with Crippen LogP contribution in [0.15, 0.2) is 0 Å². The maximum atomic E-state index is 13.0. The Morgan fingerprint density at radius 1 is 0.310 bits per heavy atom. The van der Waals surface area contributed by atoms with E-state index in [1.54, 1.807) is 0 Å². The molecular weight excluding hydrogens is 1150 g/mol. The summed E-state index contributed by atoms with van der Waals surface area (Å²) in [7, 11) is -9.89. The van der Waals surface area contributed by atoms with Gasteiger partial charge in [-0.15, -0.1) is 0 Å². The van der Waals surface area contributed by atoms with Gasteiger partial charge in [-0.25, -0.2) is 9.13 Å². The molecule has 0 heterocycles. The normalized spacial score (nSPS) is 14.3. The van der Waals surface area contributed by atoms with Crippen molar-refractivity contribution in [3.8, 4) is 0 Å². The summed E-state index contributed by atoms with van der Waals surface area (Å²) in [5.74, 6) is 0.0163. The average molecular weight is 1280 g/mol. The zero-order chi connectivity index (χ0) is 64.5. The van der Waals surface area contributed by atoms with Crippen LogP contribution >= 0.6 is 15.6 Å². The molecule has 0 aliphatic rings. The number of esters is 4. The summed E-state index contributed by atoms with van der Waals surface area (Å²) < 4.78 is 68.1. The Labute approximate surface area is 530 Å². The van der Waals surface area contributed by atoms with E-state index >= 15 is 0 Å². The Bertz CT molecular complexity index is 1720. The van der Waals surface area contributed by atoms with Crippen molar-refractivity contribution in [3.05, 3.63) is 0 Å². The summed E-state index contributed by atoms with van der Waals surface area (Å²) in [6.07, 6.45) is 42.0. The van der Waals surface area contributed by atoms with E-state index in [4.69, 9.17) is 37.0 Å². The SMILES string of the molecule is CCCCCCCCCCCCCC(=O)OC[C@H](COP(=O)(O)OC[C@@H](O)COP(=O)(O)OC[C@@H](COC(=O)CCCCCCCCC(C)C)OC(=O)CCCCCCCCC(C)C)OC(=O)CCCCCCCCCCCCCCCCCC(C)C. The number of rotatable bonds is 66. The highest BCUT2D eigenvalue weighted by Crippen LogP contribution is 2.45. The summed E-state index contributed by atoms with van der Waals surface area (Å²) >= 11 is 0. The lowest BCUT2D eigenvalue weighted by molar-refractivity contribution is -0.161. The molecule has 516 valence electrons. The largest absolute Gasteiger partial charge is 0.472 e. The minimum Gasteiger partial charge on any atom is -0.462 e. The molecule has 0 fully saturated rings. The molecule has 0 bridgehead atoms. The summed E-state index contributed by atoms with van der Waals surface area (Å²) in [6.45, 7) is 11.7. The van der Waals surface area contributed by atoms with Gasteiger partial charge < -0.3 is 33.8 Å². The Morgan fingerprint density at radius 2 is 0.529 bits per heavy atom. The third-order valence-corrected chi connectivity index (χ3v) is 17.5. The van der Waals surface area contributed by atoms with E-state index in [0.29, 0.717) is 37.5 Å². The standard InChI is InChI=1S/C68H132O17P2/c1-8-9-10-11-12-13-19-23-26-35-42-49-65(70)78-55-63(84-67(72)51-44-37-27-24-21-18-16-14-15-17-20-22-25-32-39-46-59(2)3)57-82-86(74,75)80-53-62(69)54-81-87(76,77)83-58-64(85-68(73)52-45-38-31-29-34-41-48-61(6)7)56-79-66(71)50-43-36-30-28-33-40-47-60(4)5/h59-64,69H,8-58H2,1-7H3,(H,74,75)(H,76,77)/t62-,63-,64-/m1/s1. The Hall–Kier alpha value is -1.94. The van der Waals surface area contributed by atoms with E-state index in [1.165, 1.54) is 141 Å². The van der Waals surface area contributed by atoms with Gasteiger partial charge in [0.2, 0.25) is 0 Å². The van der Waals surface area contributed by atoms with Gasteiger partial charge in [0.25, 0.3) is 0 Å². The minimum atomic E-state index is -4.95. The molecule has 0 aliphatic carbocycles. The minimum absolute atomic E-state index is 0.101. The van der Waals surface area contributed by atoms with Crippen LogP contribution in [0.2, 0.25) is 0 Å². The third-order valence-electron chi connectivity index (χ3n) is 15.6. The number of phosphoric acid groups is 2. The van der Waals surface area contributed by atoms with Crippen LogP contribution in [0.1, 0.15) is 337 Å². The molecule has 5 atom stereocenters. The first-order chi connectivity index (χ1) is 41.7. The number of hydrogen-bond acceptors (Lipinski definition) is 15. The van der Waals surface area contributed by atoms with Gasteiger partial charge in [-0.1, -0.05) is 286 Å². The predicted octanol–water partition coefficient (Wildman–Crippen LogP) is 19.1. The van der Waals surface area contributed by atoms with Crippen LogP contribution in [0.4, 0.5) is 0 Å². The highest BCUT2D eigenvalue weighted by atomic mass is 31.2. The van der Waals surface area contributed by atoms with E-state index in [1.807, 2.05) is 0 Å². The molecule has 0 aromatic rings. The molecule has 0 amide bonds. The first kappa shape index (κ1) is 85.1. The van der Waals surface area contributed by atoms with E-state index in [2.05, 4.69) is 48.5 Å². The number of carbonyl (C=O) groups excluding carboxylic acids is 4. The lowest BCUT2D eigenvalue weighted by Crippen LogP contribution is -2.30. The van der Waals surface area contributed by atoms with Crippen LogP contribution < -0.4 is 0 Å². The van der Waals surface area contributed by atoms with E-state index < -0.39 is 97.5 Å². The molecule has 0 saturated heterocycles. The zero-order valence-electron chi connectivity index (χ0n) is 56.5. The molecule has 19 heteroatoms. The van der Waals surface area contributed by atoms with Crippen LogP contribution in [0.5, 0.6) is 0 Å². The summed E-state index contributed by atoms with van der Waals surface area (Å²) in [4.78, 5) is 72.3. The fraction of sp³-hybridized carbons (Fsp3) is 0.941. The van der Waals surface area contributed by atoms with Gasteiger partial charge in [0.1, 0.15) is 19.3 Å². The van der Waals surface area contributed by atoms with Gasteiger partial charge in [0, 0.05) is 25.7 Å². The van der Waals surface area contributed by atoms with Gasteiger partial charge in [-0.05, 0) is 43.4 Å². The van der Waals surface area contributed by atoms with Crippen molar-refractivity contribution in [1.29, 1.82) is 0 Å². The van der Waals surface area contributed by atoms with Gasteiger partial charge in [0.05, 0.1) is 26.4 Å². The second kappa shape index (κ2) is 59.1. The van der Waals surface area contributed by atoms with E-state index in [-0.39, 0.29) is 25.7 Å². The predicted molar refractivity (Wildman–Crippen MR) is 349 cm³/mol. The van der Waals surface area contributed by atoms with Crippen LogP contribution in [-0.4, -0.2) is 96.7 Å². The number of aliphatic hydroxyl groups excluding tert-OH is 1. The smallest absolute Gasteiger partial charge is 0.462 e. The van der Waals surface area contributed by atoms with Crippen molar-refractivity contribution in [1.82, 2.24) is 0 Å². The van der Waals surface area contributed by atoms with Crippen LogP contribution in [0.25, 0.3) is 0 Å². The maximum Gasteiger partial charge on any atom is 0.472 e. The molecule has 3 N–H and O–H groups in total. The monoisotopic (exact) mass is 1280 g/mol. The molecule has 0 spiro atoms. The topological polar surface area (TPSA) is 237 Å². The van der Waals surface area contributed by atoms with Crippen molar-refractivity contribution in [2.45, 2.75) is 356 Å². The molecule has 0 radical (unpaired) electrons. The van der Waals surface area contributed by atoms with Gasteiger partial charge in [-0.3, -0.25) is 37.3 Å². The molecule has 0 aromatic heterocycles. The van der Waals surface area contributed by atoms with Gasteiger partial charge in [0.15, 0.2) is 12.2 Å². The summed E-state index contributed by atoms with van der Waals surface area (Å²) in [5, 5.41) is 10.6. The number of hydrogen-bond donors (Lipinski definition) is 3.